The maximum atomic E-state index is 13.5. The molecule has 3 N–H and O–H groups in total. The fraction of sp³-hybridized carbons (Fsp3) is 0.500. The van der Waals surface area contributed by atoms with Crippen LogP contribution in [0.3, 0.4) is 0 Å². The molecule has 0 spiro atoms. The largest absolute Gasteiger partial charge is 0.355 e. The van der Waals surface area contributed by atoms with Crippen LogP contribution in [0.25, 0.3) is 0 Å². The van der Waals surface area contributed by atoms with E-state index in [1.165, 1.54) is 6.07 Å². The van der Waals surface area contributed by atoms with Gasteiger partial charge in [0.05, 0.1) is 6.26 Å². The fourth-order valence-electron chi connectivity index (χ4n) is 1.88. The monoisotopic (exact) mass is 330 g/mol. The molecule has 0 atom stereocenters. The van der Waals surface area contributed by atoms with Gasteiger partial charge in [-0.1, -0.05) is 18.2 Å². The van der Waals surface area contributed by atoms with Crippen LogP contribution < -0.4 is 15.4 Å². The summed E-state index contributed by atoms with van der Waals surface area (Å²) in [5.74, 6) is 0.177. The van der Waals surface area contributed by atoms with Crippen LogP contribution in [0.15, 0.2) is 29.3 Å². The van der Waals surface area contributed by atoms with Crippen LogP contribution in [0.2, 0.25) is 0 Å². The Labute approximate surface area is 131 Å². The average molecular weight is 330 g/mol. The summed E-state index contributed by atoms with van der Waals surface area (Å²) in [6.45, 7) is 4.12. The van der Waals surface area contributed by atoms with Crippen molar-refractivity contribution in [3.63, 3.8) is 0 Å². The van der Waals surface area contributed by atoms with E-state index in [0.29, 0.717) is 18.1 Å². The molecule has 0 aliphatic rings. The highest BCUT2D eigenvalue weighted by Crippen LogP contribution is 2.05. The lowest BCUT2D eigenvalue weighted by molar-refractivity contribution is 0.446. The van der Waals surface area contributed by atoms with Gasteiger partial charge in [-0.3, -0.25) is 4.99 Å². The van der Waals surface area contributed by atoms with E-state index in [-0.39, 0.29) is 12.4 Å². The number of guanidine groups is 1. The molecule has 0 aliphatic carbocycles. The van der Waals surface area contributed by atoms with Gasteiger partial charge in [0, 0.05) is 31.2 Å². The van der Waals surface area contributed by atoms with Crippen molar-refractivity contribution in [3.8, 4) is 0 Å². The van der Waals surface area contributed by atoms with Crippen LogP contribution in [0.4, 0.5) is 4.39 Å². The van der Waals surface area contributed by atoms with E-state index >= 15 is 0 Å². The molecule has 0 bridgehead atoms. The Morgan fingerprint density at radius 3 is 2.45 bits per heavy atom. The number of rotatable bonds is 6. The Morgan fingerprint density at radius 1 is 1.27 bits per heavy atom. The van der Waals surface area contributed by atoms with Gasteiger partial charge in [0.25, 0.3) is 0 Å². The first-order chi connectivity index (χ1) is 10.1. The summed E-state index contributed by atoms with van der Waals surface area (Å²) < 4.78 is 38.6. The first-order valence-corrected chi connectivity index (χ1v) is 8.69. The van der Waals surface area contributed by atoms with Crippen molar-refractivity contribution < 1.29 is 12.8 Å². The second kappa shape index (κ2) is 7.55. The fourth-order valence-corrected chi connectivity index (χ4v) is 2.96. The number of halogens is 1. The lowest BCUT2D eigenvalue weighted by Gasteiger charge is -2.26. The number of aliphatic imine (C=N–C) groups is 1. The molecule has 1 aromatic rings. The summed E-state index contributed by atoms with van der Waals surface area (Å²) >= 11 is 0. The van der Waals surface area contributed by atoms with E-state index in [2.05, 4.69) is 20.3 Å². The highest BCUT2D eigenvalue weighted by atomic mass is 32.2. The Hall–Kier alpha value is -1.67. The van der Waals surface area contributed by atoms with Gasteiger partial charge in [-0.15, -0.1) is 0 Å². The summed E-state index contributed by atoms with van der Waals surface area (Å²) in [5.41, 5.74) is -0.151. The van der Waals surface area contributed by atoms with Gasteiger partial charge in [0.1, 0.15) is 5.82 Å². The van der Waals surface area contributed by atoms with E-state index in [0.717, 1.165) is 6.26 Å². The molecule has 0 heterocycles. The highest BCUT2D eigenvalue weighted by Gasteiger charge is 2.22. The van der Waals surface area contributed by atoms with Gasteiger partial charge in [-0.2, -0.15) is 0 Å². The molecular weight excluding hydrogens is 307 g/mol. The van der Waals surface area contributed by atoms with Gasteiger partial charge in [-0.05, 0) is 19.9 Å². The summed E-state index contributed by atoms with van der Waals surface area (Å²) in [4.78, 5) is 4.03. The summed E-state index contributed by atoms with van der Waals surface area (Å²) in [5, 5.41) is 6.00. The summed E-state index contributed by atoms with van der Waals surface area (Å²) in [6, 6.07) is 6.47. The van der Waals surface area contributed by atoms with Crippen molar-refractivity contribution in [2.45, 2.75) is 25.9 Å². The van der Waals surface area contributed by atoms with E-state index in [1.807, 2.05) is 0 Å². The minimum Gasteiger partial charge on any atom is -0.355 e. The SMILES string of the molecule is CN=C(NCc1ccccc1F)NCC(C)(C)NS(C)(=O)=O. The van der Waals surface area contributed by atoms with Crippen molar-refractivity contribution in [1.82, 2.24) is 15.4 Å². The molecule has 0 aliphatic heterocycles. The molecule has 1 aromatic carbocycles. The van der Waals surface area contributed by atoms with Crippen LogP contribution in [0, 0.1) is 5.82 Å². The predicted octanol–water partition coefficient (Wildman–Crippen LogP) is 0.818. The Balaban J connectivity index is 2.55. The molecule has 0 saturated heterocycles. The van der Waals surface area contributed by atoms with Gasteiger partial charge in [0.2, 0.25) is 10.0 Å². The third kappa shape index (κ3) is 6.86. The number of nitrogens with one attached hydrogen (secondary N) is 3. The quantitative estimate of drug-likeness (QED) is 0.533. The van der Waals surface area contributed by atoms with Crippen LogP contribution in [-0.4, -0.2) is 39.8 Å². The van der Waals surface area contributed by atoms with Crippen LogP contribution in [0.1, 0.15) is 19.4 Å². The van der Waals surface area contributed by atoms with E-state index in [9.17, 15) is 12.8 Å². The van der Waals surface area contributed by atoms with Crippen molar-refractivity contribution >= 4 is 16.0 Å². The van der Waals surface area contributed by atoms with Crippen molar-refractivity contribution in [1.29, 1.82) is 0 Å². The molecule has 0 saturated carbocycles. The second-order valence-electron chi connectivity index (χ2n) is 5.63. The Kier molecular flexibility index (Phi) is 6.31. The molecule has 124 valence electrons. The van der Waals surface area contributed by atoms with Gasteiger partial charge in [-0.25, -0.2) is 17.5 Å². The lowest BCUT2D eigenvalue weighted by atomic mass is 10.1. The molecular formula is C14H23FN4O2S. The highest BCUT2D eigenvalue weighted by molar-refractivity contribution is 7.88. The molecule has 0 fully saturated rings. The number of benzene rings is 1. The molecule has 0 amide bonds. The zero-order chi connectivity index (χ0) is 16.8. The first-order valence-electron chi connectivity index (χ1n) is 6.80. The number of hydrogen-bond acceptors (Lipinski definition) is 3. The molecule has 0 unspecified atom stereocenters. The molecule has 8 heteroatoms. The molecule has 1 rings (SSSR count). The van der Waals surface area contributed by atoms with Crippen LogP contribution >= 0.6 is 0 Å². The zero-order valence-corrected chi connectivity index (χ0v) is 14.1. The molecule has 0 radical (unpaired) electrons. The minimum absolute atomic E-state index is 0.284. The summed E-state index contributed by atoms with van der Waals surface area (Å²) in [7, 11) is -1.71. The maximum Gasteiger partial charge on any atom is 0.209 e. The Bertz CT molecular complexity index is 629. The first kappa shape index (κ1) is 18.4. The topological polar surface area (TPSA) is 82.6 Å². The van der Waals surface area contributed by atoms with E-state index < -0.39 is 15.6 Å². The molecule has 0 aromatic heterocycles. The van der Waals surface area contributed by atoms with Gasteiger partial charge in [0.15, 0.2) is 5.96 Å². The van der Waals surface area contributed by atoms with Gasteiger partial charge < -0.3 is 10.6 Å². The average Bonchev–Trinajstić information content (AvgIpc) is 2.38. The Morgan fingerprint density at radius 2 is 1.91 bits per heavy atom. The smallest absolute Gasteiger partial charge is 0.209 e. The lowest BCUT2D eigenvalue weighted by Crippen LogP contribution is -2.52. The predicted molar refractivity (Wildman–Crippen MR) is 86.7 cm³/mol. The number of sulfonamides is 1. The van der Waals surface area contributed by atoms with E-state index in [1.54, 1.807) is 39.1 Å². The standard InChI is InChI=1S/C14H23FN4O2S/c1-14(2,19-22(4,20)21)10-18-13(16-3)17-9-11-7-5-6-8-12(11)15/h5-8,19H,9-10H2,1-4H3,(H2,16,17,18). The molecule has 6 nitrogen and oxygen atoms in total. The van der Waals surface area contributed by atoms with Crippen LogP contribution in [-0.2, 0) is 16.6 Å². The third-order valence-corrected chi connectivity index (χ3v) is 3.71. The number of nitrogens with zero attached hydrogens (tertiary/aromatic N) is 1. The minimum atomic E-state index is -3.30. The third-order valence-electron chi connectivity index (χ3n) is 2.79. The molecule has 22 heavy (non-hydrogen) atoms. The zero-order valence-electron chi connectivity index (χ0n) is 13.3. The second-order valence-corrected chi connectivity index (χ2v) is 7.38. The van der Waals surface area contributed by atoms with Crippen molar-refractivity contribution in [3.05, 3.63) is 35.6 Å². The van der Waals surface area contributed by atoms with E-state index in [4.69, 9.17) is 0 Å². The summed E-state index contributed by atoms with van der Waals surface area (Å²) in [6.07, 6.45) is 1.11. The maximum absolute atomic E-state index is 13.5. The van der Waals surface area contributed by atoms with Crippen molar-refractivity contribution in [2.75, 3.05) is 19.8 Å². The van der Waals surface area contributed by atoms with Gasteiger partial charge >= 0.3 is 0 Å². The number of hydrogen-bond donors (Lipinski definition) is 3. The van der Waals surface area contributed by atoms with Crippen molar-refractivity contribution in [2.24, 2.45) is 4.99 Å². The van der Waals surface area contributed by atoms with Crippen LogP contribution in [0.5, 0.6) is 0 Å². The normalized spacial score (nSPS) is 13.0.